The number of ether oxygens (including phenoxy) is 1. The SMILES string of the molecule is COc1cccc(C(=O)N2CC[C@H](N3CCc4ccccc4C3)C2)c1. The topological polar surface area (TPSA) is 32.8 Å². The first-order chi connectivity index (χ1) is 12.2. The van der Waals surface area contributed by atoms with Gasteiger partial charge in [0.2, 0.25) is 0 Å². The fourth-order valence-electron chi connectivity index (χ4n) is 3.99. The lowest BCUT2D eigenvalue weighted by Crippen LogP contribution is -2.41. The highest BCUT2D eigenvalue weighted by Gasteiger charge is 2.32. The van der Waals surface area contributed by atoms with E-state index in [-0.39, 0.29) is 5.91 Å². The summed E-state index contributed by atoms with van der Waals surface area (Å²) in [5.74, 6) is 0.841. The Morgan fingerprint density at radius 2 is 1.92 bits per heavy atom. The van der Waals surface area contributed by atoms with E-state index in [1.54, 1.807) is 7.11 Å². The van der Waals surface area contributed by atoms with Gasteiger partial charge in [-0.25, -0.2) is 0 Å². The maximum atomic E-state index is 12.8. The van der Waals surface area contributed by atoms with E-state index in [0.29, 0.717) is 11.6 Å². The van der Waals surface area contributed by atoms with Gasteiger partial charge in [0.05, 0.1) is 7.11 Å². The standard InChI is InChI=1S/C21H24N2O2/c1-25-20-8-4-7-17(13-20)21(24)23-12-10-19(15-23)22-11-9-16-5-2-3-6-18(16)14-22/h2-8,13,19H,9-12,14-15H2,1H3/t19-/m0/s1. The second-order valence-corrected chi connectivity index (χ2v) is 6.91. The van der Waals surface area contributed by atoms with Crippen molar-refractivity contribution in [2.75, 3.05) is 26.7 Å². The van der Waals surface area contributed by atoms with E-state index in [1.807, 2.05) is 29.2 Å². The van der Waals surface area contributed by atoms with Crippen molar-refractivity contribution in [3.8, 4) is 5.75 Å². The number of hydrogen-bond donors (Lipinski definition) is 0. The number of carbonyl (C=O) groups excluding carboxylic acids is 1. The molecule has 0 spiro atoms. The van der Waals surface area contributed by atoms with Gasteiger partial charge in [0.1, 0.15) is 5.75 Å². The van der Waals surface area contributed by atoms with E-state index in [2.05, 4.69) is 29.2 Å². The molecule has 2 aliphatic heterocycles. The van der Waals surface area contributed by atoms with E-state index in [4.69, 9.17) is 4.74 Å². The molecule has 1 atom stereocenters. The molecule has 0 bridgehead atoms. The van der Waals surface area contributed by atoms with Crippen LogP contribution in [-0.4, -0.2) is 48.5 Å². The molecule has 130 valence electrons. The van der Waals surface area contributed by atoms with Crippen LogP contribution < -0.4 is 4.74 Å². The number of methoxy groups -OCH3 is 1. The van der Waals surface area contributed by atoms with Crippen LogP contribution in [0.5, 0.6) is 5.75 Å². The lowest BCUT2D eigenvalue weighted by Gasteiger charge is -2.33. The first-order valence-electron chi connectivity index (χ1n) is 8.99. The Balaban J connectivity index is 1.42. The molecule has 0 radical (unpaired) electrons. The molecule has 2 heterocycles. The van der Waals surface area contributed by atoms with E-state index in [1.165, 1.54) is 11.1 Å². The summed E-state index contributed by atoms with van der Waals surface area (Å²) in [7, 11) is 1.63. The predicted molar refractivity (Wildman–Crippen MR) is 97.9 cm³/mol. The Morgan fingerprint density at radius 1 is 1.08 bits per heavy atom. The number of amides is 1. The molecule has 1 amide bonds. The average molecular weight is 336 g/mol. The van der Waals surface area contributed by atoms with Crippen molar-refractivity contribution in [3.05, 3.63) is 65.2 Å². The zero-order valence-electron chi connectivity index (χ0n) is 14.6. The minimum atomic E-state index is 0.110. The van der Waals surface area contributed by atoms with Crippen LogP contribution in [0.2, 0.25) is 0 Å². The largest absolute Gasteiger partial charge is 0.497 e. The summed E-state index contributed by atoms with van der Waals surface area (Å²) in [5, 5.41) is 0. The molecule has 1 fully saturated rings. The number of benzene rings is 2. The second-order valence-electron chi connectivity index (χ2n) is 6.91. The van der Waals surface area contributed by atoms with Crippen LogP contribution in [0.15, 0.2) is 48.5 Å². The van der Waals surface area contributed by atoms with Gasteiger partial charge in [0.25, 0.3) is 5.91 Å². The van der Waals surface area contributed by atoms with Crippen LogP contribution in [0.3, 0.4) is 0 Å². The third kappa shape index (κ3) is 3.27. The monoisotopic (exact) mass is 336 g/mol. The second kappa shape index (κ2) is 6.89. The molecule has 0 aromatic heterocycles. The summed E-state index contributed by atoms with van der Waals surface area (Å²) in [6, 6.07) is 16.6. The summed E-state index contributed by atoms with van der Waals surface area (Å²) in [5.41, 5.74) is 3.62. The van der Waals surface area contributed by atoms with Crippen molar-refractivity contribution in [1.82, 2.24) is 9.80 Å². The number of hydrogen-bond acceptors (Lipinski definition) is 3. The van der Waals surface area contributed by atoms with E-state index >= 15 is 0 Å². The van der Waals surface area contributed by atoms with Gasteiger partial charge in [-0.2, -0.15) is 0 Å². The Labute approximate surface area is 149 Å². The van der Waals surface area contributed by atoms with Crippen molar-refractivity contribution in [2.24, 2.45) is 0 Å². The predicted octanol–water partition coefficient (Wildman–Crippen LogP) is 2.97. The Bertz CT molecular complexity index is 774. The molecule has 1 saturated heterocycles. The Kier molecular flexibility index (Phi) is 4.45. The van der Waals surface area contributed by atoms with Crippen molar-refractivity contribution >= 4 is 5.91 Å². The number of likely N-dealkylation sites (tertiary alicyclic amines) is 1. The van der Waals surface area contributed by atoms with Gasteiger partial charge < -0.3 is 9.64 Å². The minimum absolute atomic E-state index is 0.110. The maximum Gasteiger partial charge on any atom is 0.254 e. The van der Waals surface area contributed by atoms with Crippen LogP contribution in [-0.2, 0) is 13.0 Å². The lowest BCUT2D eigenvalue weighted by atomic mass is 9.98. The van der Waals surface area contributed by atoms with Crippen molar-refractivity contribution < 1.29 is 9.53 Å². The van der Waals surface area contributed by atoms with Gasteiger partial charge in [-0.1, -0.05) is 30.3 Å². The summed E-state index contributed by atoms with van der Waals surface area (Å²) in [6.07, 6.45) is 2.16. The number of carbonyl (C=O) groups is 1. The molecule has 0 aliphatic carbocycles. The summed E-state index contributed by atoms with van der Waals surface area (Å²) in [4.78, 5) is 17.3. The van der Waals surface area contributed by atoms with Gasteiger partial charge in [0, 0.05) is 37.8 Å². The van der Waals surface area contributed by atoms with Gasteiger partial charge in [-0.3, -0.25) is 9.69 Å². The van der Waals surface area contributed by atoms with Crippen LogP contribution in [0.25, 0.3) is 0 Å². The lowest BCUT2D eigenvalue weighted by molar-refractivity contribution is 0.0773. The third-order valence-electron chi connectivity index (χ3n) is 5.44. The highest BCUT2D eigenvalue weighted by molar-refractivity contribution is 5.94. The highest BCUT2D eigenvalue weighted by Crippen LogP contribution is 2.25. The summed E-state index contributed by atoms with van der Waals surface area (Å²) in [6.45, 7) is 3.74. The quantitative estimate of drug-likeness (QED) is 0.864. The zero-order valence-corrected chi connectivity index (χ0v) is 14.6. The highest BCUT2D eigenvalue weighted by atomic mass is 16.5. The molecule has 0 unspecified atom stereocenters. The van der Waals surface area contributed by atoms with Crippen LogP contribution in [0.1, 0.15) is 27.9 Å². The molecule has 0 saturated carbocycles. The number of rotatable bonds is 3. The van der Waals surface area contributed by atoms with Crippen molar-refractivity contribution in [3.63, 3.8) is 0 Å². The van der Waals surface area contributed by atoms with Gasteiger partial charge in [-0.05, 0) is 42.2 Å². The number of nitrogens with zero attached hydrogens (tertiary/aromatic N) is 2. The summed E-state index contributed by atoms with van der Waals surface area (Å²) < 4.78 is 5.24. The van der Waals surface area contributed by atoms with Crippen LogP contribution in [0, 0.1) is 0 Å². The van der Waals surface area contributed by atoms with E-state index < -0.39 is 0 Å². The summed E-state index contributed by atoms with van der Waals surface area (Å²) >= 11 is 0. The third-order valence-corrected chi connectivity index (χ3v) is 5.44. The molecule has 2 aromatic carbocycles. The van der Waals surface area contributed by atoms with Gasteiger partial charge in [-0.15, -0.1) is 0 Å². The van der Waals surface area contributed by atoms with Gasteiger partial charge >= 0.3 is 0 Å². The van der Waals surface area contributed by atoms with Crippen LogP contribution >= 0.6 is 0 Å². The van der Waals surface area contributed by atoms with Crippen molar-refractivity contribution in [2.45, 2.75) is 25.4 Å². The fraction of sp³-hybridized carbons (Fsp3) is 0.381. The molecule has 25 heavy (non-hydrogen) atoms. The Morgan fingerprint density at radius 3 is 2.76 bits per heavy atom. The fourth-order valence-corrected chi connectivity index (χ4v) is 3.99. The molecule has 4 rings (SSSR count). The first-order valence-corrected chi connectivity index (χ1v) is 8.99. The van der Waals surface area contributed by atoms with Crippen LogP contribution in [0.4, 0.5) is 0 Å². The minimum Gasteiger partial charge on any atom is -0.497 e. The zero-order chi connectivity index (χ0) is 17.2. The molecule has 4 heteroatoms. The van der Waals surface area contributed by atoms with E-state index in [9.17, 15) is 4.79 Å². The van der Waals surface area contributed by atoms with Crippen molar-refractivity contribution in [1.29, 1.82) is 0 Å². The molecule has 2 aliphatic rings. The smallest absolute Gasteiger partial charge is 0.254 e. The maximum absolute atomic E-state index is 12.8. The molecular formula is C21H24N2O2. The molecule has 4 nitrogen and oxygen atoms in total. The number of fused-ring (bicyclic) bond motifs is 1. The van der Waals surface area contributed by atoms with Gasteiger partial charge in [0.15, 0.2) is 0 Å². The molecular weight excluding hydrogens is 312 g/mol. The molecule has 2 aromatic rings. The Hall–Kier alpha value is -2.33. The normalized spacial score (nSPS) is 20.4. The average Bonchev–Trinajstić information content (AvgIpc) is 3.17. The molecule has 0 N–H and O–H groups in total. The van der Waals surface area contributed by atoms with E-state index in [0.717, 1.165) is 44.8 Å². The first kappa shape index (κ1) is 16.2.